The third-order valence-electron chi connectivity index (χ3n) is 3.89. The number of carbonyl (C=O) groups is 1. The summed E-state index contributed by atoms with van der Waals surface area (Å²) in [5.74, 6) is -0.536. The summed E-state index contributed by atoms with van der Waals surface area (Å²) in [6.07, 6.45) is 2.82. The number of rotatable bonds is 7. The highest BCUT2D eigenvalue weighted by Gasteiger charge is 2.17. The predicted octanol–water partition coefficient (Wildman–Crippen LogP) is 2.23. The van der Waals surface area contributed by atoms with E-state index in [4.69, 9.17) is 0 Å². The molecular formula is C16H24FN3O. The molecule has 0 bridgehead atoms. The van der Waals surface area contributed by atoms with Crippen molar-refractivity contribution in [2.45, 2.75) is 32.2 Å². The Morgan fingerprint density at radius 3 is 2.95 bits per heavy atom. The zero-order valence-electron chi connectivity index (χ0n) is 12.6. The quantitative estimate of drug-likeness (QED) is 0.810. The van der Waals surface area contributed by atoms with Crippen LogP contribution in [-0.2, 0) is 4.79 Å². The Bertz CT molecular complexity index is 461. The molecule has 1 amide bonds. The van der Waals surface area contributed by atoms with E-state index in [1.165, 1.54) is 18.9 Å². The molecule has 1 fully saturated rings. The number of amides is 1. The van der Waals surface area contributed by atoms with Gasteiger partial charge in [-0.2, -0.15) is 0 Å². The van der Waals surface area contributed by atoms with Gasteiger partial charge >= 0.3 is 0 Å². The molecule has 2 rings (SSSR count). The second-order valence-electron chi connectivity index (χ2n) is 5.46. The summed E-state index contributed by atoms with van der Waals surface area (Å²) in [7, 11) is 0. The average molecular weight is 293 g/mol. The van der Waals surface area contributed by atoms with Crippen LogP contribution >= 0.6 is 0 Å². The van der Waals surface area contributed by atoms with E-state index in [1.54, 1.807) is 18.2 Å². The zero-order valence-corrected chi connectivity index (χ0v) is 12.6. The molecule has 2 N–H and O–H groups in total. The fraction of sp³-hybridized carbons (Fsp3) is 0.562. The predicted molar refractivity (Wildman–Crippen MR) is 82.8 cm³/mol. The number of hydrogen-bond acceptors (Lipinski definition) is 3. The van der Waals surface area contributed by atoms with Gasteiger partial charge in [0, 0.05) is 25.6 Å². The van der Waals surface area contributed by atoms with Crippen LogP contribution in [0.5, 0.6) is 0 Å². The Labute approximate surface area is 125 Å². The number of likely N-dealkylation sites (N-methyl/N-ethyl adjacent to an activating group) is 1. The molecule has 0 spiro atoms. The van der Waals surface area contributed by atoms with E-state index in [-0.39, 0.29) is 11.6 Å². The fourth-order valence-electron chi connectivity index (χ4n) is 2.64. The molecule has 1 aromatic carbocycles. The summed E-state index contributed by atoms with van der Waals surface area (Å²) in [5.41, 5.74) is 0.253. The number of carbonyl (C=O) groups excluding carboxylic acids is 1. The lowest BCUT2D eigenvalue weighted by atomic mass is 10.2. The highest BCUT2D eigenvalue weighted by Crippen LogP contribution is 2.13. The Morgan fingerprint density at radius 2 is 2.29 bits per heavy atom. The molecule has 0 aromatic heterocycles. The number of nitrogens with zero attached hydrogens (tertiary/aromatic N) is 1. The molecule has 1 aromatic rings. The largest absolute Gasteiger partial charge is 0.324 e. The second-order valence-corrected chi connectivity index (χ2v) is 5.46. The Kier molecular flexibility index (Phi) is 6.14. The third kappa shape index (κ3) is 5.10. The van der Waals surface area contributed by atoms with Crippen LogP contribution in [0.3, 0.4) is 0 Å². The number of anilines is 1. The Hall–Kier alpha value is -1.46. The van der Waals surface area contributed by atoms with Crippen LogP contribution in [0.1, 0.15) is 26.2 Å². The Balaban J connectivity index is 1.75. The lowest BCUT2D eigenvalue weighted by Gasteiger charge is -2.23. The molecule has 1 saturated heterocycles. The lowest BCUT2D eigenvalue weighted by molar-refractivity contribution is -0.116. The first-order chi connectivity index (χ1) is 10.2. The van der Waals surface area contributed by atoms with Crippen molar-refractivity contribution in [3.05, 3.63) is 30.1 Å². The van der Waals surface area contributed by atoms with Crippen molar-refractivity contribution in [3.63, 3.8) is 0 Å². The minimum atomic E-state index is -0.395. The normalized spacial score (nSPS) is 18.1. The molecular weight excluding hydrogens is 269 g/mol. The first-order valence-electron chi connectivity index (χ1n) is 7.69. The van der Waals surface area contributed by atoms with Crippen molar-refractivity contribution in [2.75, 3.05) is 31.5 Å². The van der Waals surface area contributed by atoms with Crippen LogP contribution in [0.4, 0.5) is 10.1 Å². The number of benzene rings is 1. The topological polar surface area (TPSA) is 44.4 Å². The first kappa shape index (κ1) is 15.9. The van der Waals surface area contributed by atoms with Crippen LogP contribution in [0.15, 0.2) is 24.3 Å². The maximum Gasteiger partial charge on any atom is 0.225 e. The van der Waals surface area contributed by atoms with Gasteiger partial charge in [0.15, 0.2) is 0 Å². The molecule has 1 heterocycles. The van der Waals surface area contributed by atoms with Gasteiger partial charge < -0.3 is 15.5 Å². The van der Waals surface area contributed by atoms with E-state index in [0.717, 1.165) is 19.6 Å². The molecule has 1 atom stereocenters. The summed E-state index contributed by atoms with van der Waals surface area (Å²) < 4.78 is 13.5. The molecule has 1 unspecified atom stereocenters. The van der Waals surface area contributed by atoms with Crippen LogP contribution in [0.25, 0.3) is 0 Å². The van der Waals surface area contributed by atoms with Gasteiger partial charge in [-0.3, -0.25) is 4.79 Å². The lowest BCUT2D eigenvalue weighted by Crippen LogP contribution is -2.38. The van der Waals surface area contributed by atoms with E-state index in [1.807, 2.05) is 0 Å². The Morgan fingerprint density at radius 1 is 1.48 bits per heavy atom. The van der Waals surface area contributed by atoms with Gasteiger partial charge in [0.05, 0.1) is 5.69 Å². The molecule has 1 aliphatic rings. The summed E-state index contributed by atoms with van der Waals surface area (Å²) in [6, 6.07) is 6.79. The van der Waals surface area contributed by atoms with Crippen LogP contribution in [0, 0.1) is 5.82 Å². The van der Waals surface area contributed by atoms with Crippen molar-refractivity contribution in [3.8, 4) is 0 Å². The molecule has 4 nitrogen and oxygen atoms in total. The van der Waals surface area contributed by atoms with E-state index >= 15 is 0 Å². The van der Waals surface area contributed by atoms with Gasteiger partial charge in [-0.15, -0.1) is 0 Å². The number of hydrogen-bond donors (Lipinski definition) is 2. The highest BCUT2D eigenvalue weighted by molar-refractivity contribution is 5.90. The molecule has 0 aliphatic carbocycles. The van der Waals surface area contributed by atoms with E-state index in [9.17, 15) is 9.18 Å². The summed E-state index contributed by atoms with van der Waals surface area (Å²) >= 11 is 0. The SMILES string of the molecule is CCN(CCC(=O)Nc1ccccc1F)CC1CCCN1. The van der Waals surface area contributed by atoms with Crippen LogP contribution in [0.2, 0.25) is 0 Å². The van der Waals surface area contributed by atoms with Crippen molar-refractivity contribution in [1.29, 1.82) is 0 Å². The maximum atomic E-state index is 13.5. The first-order valence-corrected chi connectivity index (χ1v) is 7.69. The highest BCUT2D eigenvalue weighted by atomic mass is 19.1. The van der Waals surface area contributed by atoms with Crippen molar-refractivity contribution in [1.82, 2.24) is 10.2 Å². The van der Waals surface area contributed by atoms with Crippen LogP contribution < -0.4 is 10.6 Å². The number of halogens is 1. The smallest absolute Gasteiger partial charge is 0.225 e. The van der Waals surface area contributed by atoms with Gasteiger partial charge in [0.2, 0.25) is 5.91 Å². The monoisotopic (exact) mass is 293 g/mol. The third-order valence-corrected chi connectivity index (χ3v) is 3.89. The molecule has 5 heteroatoms. The minimum Gasteiger partial charge on any atom is -0.324 e. The van der Waals surface area contributed by atoms with Gasteiger partial charge in [-0.1, -0.05) is 19.1 Å². The van der Waals surface area contributed by atoms with Crippen molar-refractivity contribution >= 4 is 11.6 Å². The summed E-state index contributed by atoms with van der Waals surface area (Å²) in [6.45, 7) is 5.79. The standard InChI is InChI=1S/C16H24FN3O/c1-2-20(12-13-6-5-10-18-13)11-9-16(21)19-15-8-4-3-7-14(15)17/h3-4,7-8,13,18H,2,5-6,9-12H2,1H3,(H,19,21). The molecule has 0 radical (unpaired) electrons. The molecule has 21 heavy (non-hydrogen) atoms. The van der Waals surface area contributed by atoms with Crippen molar-refractivity contribution in [2.24, 2.45) is 0 Å². The van der Waals surface area contributed by atoms with Gasteiger partial charge in [-0.05, 0) is 38.1 Å². The molecule has 0 saturated carbocycles. The average Bonchev–Trinajstić information content (AvgIpc) is 2.99. The van der Waals surface area contributed by atoms with Crippen molar-refractivity contribution < 1.29 is 9.18 Å². The summed E-state index contributed by atoms with van der Waals surface area (Å²) in [4.78, 5) is 14.2. The van der Waals surface area contributed by atoms with Gasteiger partial charge in [0.1, 0.15) is 5.82 Å². The fourth-order valence-corrected chi connectivity index (χ4v) is 2.64. The number of para-hydroxylation sites is 1. The molecule has 116 valence electrons. The van der Waals surface area contributed by atoms with E-state index in [2.05, 4.69) is 22.5 Å². The van der Waals surface area contributed by atoms with Gasteiger partial charge in [-0.25, -0.2) is 4.39 Å². The van der Waals surface area contributed by atoms with Gasteiger partial charge in [0.25, 0.3) is 0 Å². The van der Waals surface area contributed by atoms with E-state index < -0.39 is 5.82 Å². The maximum absolute atomic E-state index is 13.5. The van der Waals surface area contributed by atoms with Crippen LogP contribution in [-0.4, -0.2) is 43.0 Å². The minimum absolute atomic E-state index is 0.141. The zero-order chi connectivity index (χ0) is 15.1. The number of nitrogens with one attached hydrogen (secondary N) is 2. The second kappa shape index (κ2) is 8.10. The molecule has 1 aliphatic heterocycles. The summed E-state index contributed by atoms with van der Waals surface area (Å²) in [5, 5.41) is 6.09. The van der Waals surface area contributed by atoms with E-state index in [0.29, 0.717) is 19.0 Å².